The Balaban J connectivity index is 1.91. The molecule has 2 nitrogen and oxygen atoms in total. The maximum atomic E-state index is 5.98. The van der Waals surface area contributed by atoms with Crippen molar-refractivity contribution in [2.45, 2.75) is 38.3 Å². The summed E-state index contributed by atoms with van der Waals surface area (Å²) in [7, 11) is 1.78. The predicted octanol–water partition coefficient (Wildman–Crippen LogP) is 3.79. The maximum Gasteiger partial charge on any atom is 0.0931 e. The van der Waals surface area contributed by atoms with Gasteiger partial charge in [-0.15, -0.1) is 11.3 Å². The van der Waals surface area contributed by atoms with Crippen LogP contribution >= 0.6 is 22.9 Å². The number of methoxy groups -OCH3 is 1. The molecule has 0 radical (unpaired) electrons. The summed E-state index contributed by atoms with van der Waals surface area (Å²) in [5.41, 5.74) is 0. The second-order valence-corrected chi connectivity index (χ2v) is 6.41. The fourth-order valence-corrected chi connectivity index (χ4v) is 3.60. The van der Waals surface area contributed by atoms with Gasteiger partial charge in [0.25, 0.3) is 0 Å². The molecule has 0 aliphatic carbocycles. The molecule has 2 heterocycles. The molecule has 0 unspecified atom stereocenters. The summed E-state index contributed by atoms with van der Waals surface area (Å²) in [5.74, 6) is 0. The smallest absolute Gasteiger partial charge is 0.0931 e. The zero-order valence-electron chi connectivity index (χ0n) is 10.3. The average Bonchev–Trinajstić information content (AvgIpc) is 2.74. The third-order valence-corrected chi connectivity index (χ3v) is 4.61. The predicted molar refractivity (Wildman–Crippen MR) is 73.9 cm³/mol. The van der Waals surface area contributed by atoms with Crippen molar-refractivity contribution in [2.75, 3.05) is 20.3 Å². The lowest BCUT2D eigenvalue weighted by Crippen LogP contribution is -2.39. The molecule has 0 amide bonds. The number of hydrogen-bond donors (Lipinski definition) is 0. The van der Waals surface area contributed by atoms with Crippen molar-refractivity contribution in [1.29, 1.82) is 0 Å². The lowest BCUT2D eigenvalue weighted by atomic mass is 9.99. The molecule has 1 aromatic heterocycles. The number of thiophene rings is 1. The van der Waals surface area contributed by atoms with Crippen LogP contribution in [-0.4, -0.2) is 31.2 Å². The van der Waals surface area contributed by atoms with E-state index in [9.17, 15) is 0 Å². The molecule has 0 spiro atoms. The molecular weight excluding hydrogens is 254 g/mol. The highest BCUT2D eigenvalue weighted by Gasteiger charge is 2.22. The second-order valence-electron chi connectivity index (χ2n) is 4.61. The Bertz CT molecular complexity index is 342. The zero-order chi connectivity index (χ0) is 12.1. The van der Waals surface area contributed by atoms with E-state index in [1.165, 1.54) is 30.7 Å². The quantitative estimate of drug-likeness (QED) is 0.809. The van der Waals surface area contributed by atoms with E-state index in [1.807, 2.05) is 6.07 Å². The Morgan fingerprint density at radius 1 is 1.47 bits per heavy atom. The largest absolute Gasteiger partial charge is 0.385 e. The number of piperidine rings is 1. The van der Waals surface area contributed by atoms with Crippen LogP contribution in [0.3, 0.4) is 0 Å². The van der Waals surface area contributed by atoms with Crippen LogP contribution in [0.15, 0.2) is 12.1 Å². The van der Waals surface area contributed by atoms with Gasteiger partial charge in [-0.1, -0.05) is 18.0 Å². The first kappa shape index (κ1) is 13.3. The summed E-state index contributed by atoms with van der Waals surface area (Å²) in [6.07, 6.45) is 5.14. The number of hydrogen-bond acceptors (Lipinski definition) is 3. The van der Waals surface area contributed by atoms with Crippen LogP contribution in [-0.2, 0) is 11.3 Å². The van der Waals surface area contributed by atoms with Crippen molar-refractivity contribution in [3.8, 4) is 0 Å². The van der Waals surface area contributed by atoms with Crippen molar-refractivity contribution in [3.05, 3.63) is 21.3 Å². The van der Waals surface area contributed by atoms with Crippen LogP contribution < -0.4 is 0 Å². The lowest BCUT2D eigenvalue weighted by molar-refractivity contribution is 0.0982. The highest BCUT2D eigenvalue weighted by atomic mass is 35.5. The number of likely N-dealkylation sites (tertiary alicyclic amines) is 1. The molecule has 1 aliphatic rings. The summed E-state index contributed by atoms with van der Waals surface area (Å²) >= 11 is 7.68. The molecule has 4 heteroatoms. The van der Waals surface area contributed by atoms with E-state index >= 15 is 0 Å². The standard InChI is InChI=1S/C13H20ClNOS/c1-16-9-7-11-4-2-3-8-15(11)10-12-5-6-13(14)17-12/h5-6,11H,2-4,7-10H2,1H3/t11-/m1/s1. The number of rotatable bonds is 5. The summed E-state index contributed by atoms with van der Waals surface area (Å²) in [6.45, 7) is 3.13. The van der Waals surface area contributed by atoms with E-state index in [0.29, 0.717) is 6.04 Å². The molecule has 0 N–H and O–H groups in total. The van der Waals surface area contributed by atoms with E-state index in [1.54, 1.807) is 18.4 Å². The van der Waals surface area contributed by atoms with E-state index < -0.39 is 0 Å². The maximum absolute atomic E-state index is 5.98. The van der Waals surface area contributed by atoms with Gasteiger partial charge < -0.3 is 4.74 Å². The molecule has 0 aromatic carbocycles. The Kier molecular flexibility index (Phi) is 5.29. The monoisotopic (exact) mass is 273 g/mol. The molecule has 96 valence electrons. The fourth-order valence-electron chi connectivity index (χ4n) is 2.49. The fraction of sp³-hybridized carbons (Fsp3) is 0.692. The summed E-state index contributed by atoms with van der Waals surface area (Å²) in [4.78, 5) is 3.96. The molecular formula is C13H20ClNOS. The second kappa shape index (κ2) is 6.74. The molecule has 1 saturated heterocycles. The minimum atomic E-state index is 0.685. The van der Waals surface area contributed by atoms with Gasteiger partial charge in [-0.3, -0.25) is 4.90 Å². The highest BCUT2D eigenvalue weighted by molar-refractivity contribution is 7.16. The highest BCUT2D eigenvalue weighted by Crippen LogP contribution is 2.26. The van der Waals surface area contributed by atoms with Gasteiger partial charge in [0.15, 0.2) is 0 Å². The van der Waals surface area contributed by atoms with Crippen LogP contribution in [0.4, 0.5) is 0 Å². The average molecular weight is 274 g/mol. The Morgan fingerprint density at radius 2 is 2.35 bits per heavy atom. The van der Waals surface area contributed by atoms with Crippen molar-refractivity contribution in [2.24, 2.45) is 0 Å². The van der Waals surface area contributed by atoms with E-state index in [0.717, 1.165) is 23.9 Å². The van der Waals surface area contributed by atoms with Gasteiger partial charge in [0, 0.05) is 31.2 Å². The lowest BCUT2D eigenvalue weighted by Gasteiger charge is -2.35. The number of halogens is 1. The van der Waals surface area contributed by atoms with Crippen LogP contribution in [0.1, 0.15) is 30.6 Å². The van der Waals surface area contributed by atoms with Crippen LogP contribution in [0.2, 0.25) is 4.34 Å². The molecule has 1 aromatic rings. The Labute approximate surface area is 113 Å². The van der Waals surface area contributed by atoms with Gasteiger partial charge in [0.1, 0.15) is 0 Å². The van der Waals surface area contributed by atoms with Gasteiger partial charge in [-0.2, -0.15) is 0 Å². The first-order valence-corrected chi connectivity index (χ1v) is 7.46. The van der Waals surface area contributed by atoms with Crippen molar-refractivity contribution in [1.82, 2.24) is 4.90 Å². The molecule has 2 rings (SSSR count). The zero-order valence-corrected chi connectivity index (χ0v) is 11.9. The van der Waals surface area contributed by atoms with Gasteiger partial charge in [-0.05, 0) is 37.9 Å². The summed E-state index contributed by atoms with van der Waals surface area (Å²) < 4.78 is 6.10. The minimum absolute atomic E-state index is 0.685. The molecule has 1 aliphatic heterocycles. The normalized spacial score (nSPS) is 21.9. The Morgan fingerprint density at radius 3 is 3.06 bits per heavy atom. The van der Waals surface area contributed by atoms with Crippen LogP contribution in [0.25, 0.3) is 0 Å². The van der Waals surface area contributed by atoms with E-state index in [4.69, 9.17) is 16.3 Å². The first-order chi connectivity index (χ1) is 8.29. The topological polar surface area (TPSA) is 12.5 Å². The van der Waals surface area contributed by atoms with Crippen molar-refractivity contribution >= 4 is 22.9 Å². The van der Waals surface area contributed by atoms with Gasteiger partial charge in [0.2, 0.25) is 0 Å². The van der Waals surface area contributed by atoms with E-state index in [-0.39, 0.29) is 0 Å². The number of nitrogens with zero attached hydrogens (tertiary/aromatic N) is 1. The van der Waals surface area contributed by atoms with E-state index in [2.05, 4.69) is 11.0 Å². The molecule has 1 fully saturated rings. The van der Waals surface area contributed by atoms with Gasteiger partial charge in [-0.25, -0.2) is 0 Å². The van der Waals surface area contributed by atoms with Crippen LogP contribution in [0, 0.1) is 0 Å². The van der Waals surface area contributed by atoms with Crippen LogP contribution in [0.5, 0.6) is 0 Å². The van der Waals surface area contributed by atoms with Crippen molar-refractivity contribution < 1.29 is 4.74 Å². The van der Waals surface area contributed by atoms with Gasteiger partial charge >= 0.3 is 0 Å². The molecule has 1 atom stereocenters. The third kappa shape index (κ3) is 3.95. The third-order valence-electron chi connectivity index (χ3n) is 3.39. The summed E-state index contributed by atoms with van der Waals surface area (Å²) in [5, 5.41) is 0. The SMILES string of the molecule is COCC[C@H]1CCCCN1Cc1ccc(Cl)s1. The van der Waals surface area contributed by atoms with Gasteiger partial charge in [0.05, 0.1) is 4.34 Å². The minimum Gasteiger partial charge on any atom is -0.385 e. The van der Waals surface area contributed by atoms with Crippen molar-refractivity contribution in [3.63, 3.8) is 0 Å². The number of ether oxygens (including phenoxy) is 1. The Hall–Kier alpha value is -0.0900. The molecule has 0 bridgehead atoms. The molecule has 0 saturated carbocycles. The summed E-state index contributed by atoms with van der Waals surface area (Å²) in [6, 6.07) is 4.83. The molecule has 17 heavy (non-hydrogen) atoms. The first-order valence-electron chi connectivity index (χ1n) is 6.27.